The predicted octanol–water partition coefficient (Wildman–Crippen LogP) is 5.42. The average molecular weight is 319 g/mol. The van der Waals surface area contributed by atoms with Crippen LogP contribution < -0.4 is 5.32 Å². The van der Waals surface area contributed by atoms with Crippen LogP contribution in [-0.2, 0) is 0 Å². The number of halogens is 1. The topological polar surface area (TPSA) is 29.1 Å². The molecule has 0 heterocycles. The van der Waals surface area contributed by atoms with Gasteiger partial charge in [-0.3, -0.25) is 4.79 Å². The zero-order valence-electron chi connectivity index (χ0n) is 13.5. The van der Waals surface area contributed by atoms with Crippen LogP contribution in [0, 0.1) is 12.7 Å². The first-order chi connectivity index (χ1) is 11.6. The highest BCUT2D eigenvalue weighted by molar-refractivity contribution is 6.10. The van der Waals surface area contributed by atoms with Gasteiger partial charge in [0.05, 0.1) is 0 Å². The van der Waals surface area contributed by atoms with Gasteiger partial charge in [0.15, 0.2) is 0 Å². The zero-order valence-corrected chi connectivity index (χ0v) is 13.5. The summed E-state index contributed by atoms with van der Waals surface area (Å²) in [6.07, 6.45) is 2.48. The van der Waals surface area contributed by atoms with Crippen LogP contribution in [0.4, 0.5) is 10.1 Å². The molecule has 1 aliphatic rings. The lowest BCUT2D eigenvalue weighted by atomic mass is 9.96. The number of amides is 1. The fourth-order valence-electron chi connectivity index (χ4n) is 3.26. The number of anilines is 1. The van der Waals surface area contributed by atoms with Crippen LogP contribution in [0.1, 0.15) is 40.2 Å². The number of carbonyl (C=O) groups excluding carboxylic acids is 1. The third-order valence-electron chi connectivity index (χ3n) is 4.65. The minimum atomic E-state index is -0.346. The predicted molar refractivity (Wildman–Crippen MR) is 95.0 cm³/mol. The van der Waals surface area contributed by atoms with Crippen molar-refractivity contribution in [2.75, 3.05) is 5.32 Å². The molecule has 0 bridgehead atoms. The molecule has 1 aliphatic carbocycles. The molecule has 0 aliphatic heterocycles. The lowest BCUT2D eigenvalue weighted by molar-refractivity contribution is 0.102. The number of nitrogens with one attached hydrogen (secondary N) is 1. The summed E-state index contributed by atoms with van der Waals surface area (Å²) >= 11 is 0. The van der Waals surface area contributed by atoms with E-state index < -0.39 is 0 Å². The van der Waals surface area contributed by atoms with Crippen molar-refractivity contribution in [1.29, 1.82) is 0 Å². The average Bonchev–Trinajstić information content (AvgIpc) is 3.41. The van der Waals surface area contributed by atoms with Gasteiger partial charge in [-0.1, -0.05) is 24.3 Å². The third-order valence-corrected chi connectivity index (χ3v) is 4.65. The van der Waals surface area contributed by atoms with Crippen LogP contribution in [0.3, 0.4) is 0 Å². The van der Waals surface area contributed by atoms with Crippen molar-refractivity contribution >= 4 is 22.4 Å². The molecule has 24 heavy (non-hydrogen) atoms. The molecule has 1 saturated carbocycles. The molecule has 0 aromatic heterocycles. The van der Waals surface area contributed by atoms with E-state index >= 15 is 0 Å². The summed E-state index contributed by atoms with van der Waals surface area (Å²) in [5.74, 6) is 0.0801. The Bertz CT molecular complexity index is 926. The smallest absolute Gasteiger partial charge is 0.255 e. The number of aryl methyl sites for hydroxylation is 1. The van der Waals surface area contributed by atoms with E-state index in [0.29, 0.717) is 11.5 Å². The van der Waals surface area contributed by atoms with Crippen molar-refractivity contribution in [2.45, 2.75) is 25.7 Å². The largest absolute Gasteiger partial charge is 0.321 e. The van der Waals surface area contributed by atoms with E-state index in [9.17, 15) is 9.18 Å². The maximum absolute atomic E-state index is 13.0. The van der Waals surface area contributed by atoms with E-state index in [-0.39, 0.29) is 11.7 Å². The van der Waals surface area contributed by atoms with Crippen LogP contribution in [-0.4, -0.2) is 5.91 Å². The molecular formula is C21H18FNO. The number of hydrogen-bond acceptors (Lipinski definition) is 1. The molecule has 3 aromatic carbocycles. The van der Waals surface area contributed by atoms with E-state index in [2.05, 4.69) is 30.4 Å². The Morgan fingerprint density at radius 2 is 1.79 bits per heavy atom. The van der Waals surface area contributed by atoms with Crippen LogP contribution in [0.2, 0.25) is 0 Å². The standard InChI is InChI=1S/C21H18FNO/c1-13-5-12-17(14-6-7-14)18-3-2-4-19(20(13)18)23-21(24)15-8-10-16(22)11-9-15/h2-5,8-12,14H,6-7H2,1H3,(H,23,24). The van der Waals surface area contributed by atoms with Gasteiger partial charge >= 0.3 is 0 Å². The first kappa shape index (κ1) is 14.9. The first-order valence-corrected chi connectivity index (χ1v) is 8.22. The number of rotatable bonds is 3. The summed E-state index contributed by atoms with van der Waals surface area (Å²) in [5, 5.41) is 5.30. The highest BCUT2D eigenvalue weighted by Crippen LogP contribution is 2.44. The summed E-state index contributed by atoms with van der Waals surface area (Å²) in [7, 11) is 0. The van der Waals surface area contributed by atoms with Gasteiger partial charge < -0.3 is 5.32 Å². The second kappa shape index (κ2) is 5.75. The maximum Gasteiger partial charge on any atom is 0.255 e. The molecule has 0 unspecified atom stereocenters. The summed E-state index contributed by atoms with van der Waals surface area (Å²) in [6.45, 7) is 2.06. The SMILES string of the molecule is Cc1ccc(C2CC2)c2cccc(NC(=O)c3ccc(F)cc3)c12. The van der Waals surface area contributed by atoms with Gasteiger partial charge in [0.1, 0.15) is 5.82 Å². The fraction of sp³-hybridized carbons (Fsp3) is 0.190. The lowest BCUT2D eigenvalue weighted by Gasteiger charge is -2.14. The Balaban J connectivity index is 1.75. The highest BCUT2D eigenvalue weighted by Gasteiger charge is 2.26. The fourth-order valence-corrected chi connectivity index (χ4v) is 3.26. The van der Waals surface area contributed by atoms with Gasteiger partial charge in [-0.25, -0.2) is 4.39 Å². The van der Waals surface area contributed by atoms with Crippen LogP contribution in [0.5, 0.6) is 0 Å². The van der Waals surface area contributed by atoms with E-state index in [4.69, 9.17) is 0 Å². The number of fused-ring (bicyclic) bond motifs is 1. The van der Waals surface area contributed by atoms with Crippen LogP contribution in [0.25, 0.3) is 10.8 Å². The molecule has 0 spiro atoms. The van der Waals surface area contributed by atoms with Crippen molar-refractivity contribution in [2.24, 2.45) is 0 Å². The monoisotopic (exact) mass is 319 g/mol. The van der Waals surface area contributed by atoms with Gasteiger partial charge in [-0.2, -0.15) is 0 Å². The van der Waals surface area contributed by atoms with E-state index in [1.807, 2.05) is 12.1 Å². The normalized spacial score (nSPS) is 13.9. The Hall–Kier alpha value is -2.68. The molecule has 3 heteroatoms. The zero-order chi connectivity index (χ0) is 16.7. The van der Waals surface area contributed by atoms with Crippen molar-refractivity contribution in [1.82, 2.24) is 0 Å². The second-order valence-corrected chi connectivity index (χ2v) is 6.44. The molecule has 1 N–H and O–H groups in total. The maximum atomic E-state index is 13.0. The van der Waals surface area contributed by atoms with Crippen molar-refractivity contribution < 1.29 is 9.18 Å². The molecule has 1 amide bonds. The lowest BCUT2D eigenvalue weighted by Crippen LogP contribution is -2.12. The Kier molecular flexibility index (Phi) is 3.57. The molecule has 3 aromatic rings. The van der Waals surface area contributed by atoms with Crippen molar-refractivity contribution in [3.05, 3.63) is 77.1 Å². The summed E-state index contributed by atoms with van der Waals surface area (Å²) in [6, 6.07) is 16.0. The van der Waals surface area contributed by atoms with Gasteiger partial charge in [-0.05, 0) is 72.5 Å². The van der Waals surface area contributed by atoms with Crippen LogP contribution >= 0.6 is 0 Å². The molecule has 1 fully saturated rings. The van der Waals surface area contributed by atoms with Crippen molar-refractivity contribution in [3.8, 4) is 0 Å². The van der Waals surface area contributed by atoms with E-state index in [1.165, 1.54) is 48.1 Å². The van der Waals surface area contributed by atoms with E-state index in [0.717, 1.165) is 16.6 Å². The third kappa shape index (κ3) is 2.67. The minimum absolute atomic E-state index is 0.223. The summed E-state index contributed by atoms with van der Waals surface area (Å²) in [4.78, 5) is 12.5. The van der Waals surface area contributed by atoms with Gasteiger partial charge in [0, 0.05) is 16.6 Å². The van der Waals surface area contributed by atoms with Gasteiger partial charge in [-0.15, -0.1) is 0 Å². The minimum Gasteiger partial charge on any atom is -0.321 e. The molecular weight excluding hydrogens is 301 g/mol. The molecule has 0 atom stereocenters. The second-order valence-electron chi connectivity index (χ2n) is 6.44. The number of benzene rings is 3. The Labute approximate surface area is 140 Å². The summed E-state index contributed by atoms with van der Waals surface area (Å²) < 4.78 is 13.0. The van der Waals surface area contributed by atoms with Crippen LogP contribution in [0.15, 0.2) is 54.6 Å². The Morgan fingerprint density at radius 3 is 2.50 bits per heavy atom. The molecule has 2 nitrogen and oxygen atoms in total. The molecule has 0 saturated heterocycles. The Morgan fingerprint density at radius 1 is 1.04 bits per heavy atom. The van der Waals surface area contributed by atoms with Gasteiger partial charge in [0.25, 0.3) is 5.91 Å². The highest BCUT2D eigenvalue weighted by atomic mass is 19.1. The van der Waals surface area contributed by atoms with Crippen molar-refractivity contribution in [3.63, 3.8) is 0 Å². The quantitative estimate of drug-likeness (QED) is 0.686. The first-order valence-electron chi connectivity index (χ1n) is 8.22. The number of hydrogen-bond donors (Lipinski definition) is 1. The van der Waals surface area contributed by atoms with E-state index in [1.54, 1.807) is 0 Å². The molecule has 0 radical (unpaired) electrons. The van der Waals surface area contributed by atoms with Gasteiger partial charge in [0.2, 0.25) is 0 Å². The molecule has 120 valence electrons. The summed E-state index contributed by atoms with van der Waals surface area (Å²) in [5.41, 5.74) is 3.77. The number of carbonyl (C=O) groups is 1. The molecule has 4 rings (SSSR count).